The zero-order chi connectivity index (χ0) is 14.7. The zero-order valence-electron chi connectivity index (χ0n) is 10.7. The number of halogens is 2. The van der Waals surface area contributed by atoms with Crippen molar-refractivity contribution in [2.45, 2.75) is 6.54 Å². The molecule has 106 valence electrons. The van der Waals surface area contributed by atoms with Crippen LogP contribution in [-0.2, 0) is 11.3 Å². The van der Waals surface area contributed by atoms with Crippen molar-refractivity contribution < 1.29 is 9.13 Å². The number of benzene rings is 1. The van der Waals surface area contributed by atoms with Crippen LogP contribution in [0.25, 0.3) is 11.1 Å². The number of nitrogens with zero attached hydrogens (tertiary/aromatic N) is 1. The lowest BCUT2D eigenvalue weighted by Crippen LogP contribution is -2.37. The van der Waals surface area contributed by atoms with E-state index >= 15 is 0 Å². The first kappa shape index (κ1) is 14.5. The van der Waals surface area contributed by atoms with Crippen LogP contribution in [-0.4, -0.2) is 23.3 Å². The van der Waals surface area contributed by atoms with Crippen LogP contribution in [0.4, 0.5) is 4.39 Å². The molecule has 0 unspecified atom stereocenters. The average molecular weight is 299 g/mol. The molecular formula is C13H12ClFN2O3. The van der Waals surface area contributed by atoms with E-state index in [4.69, 9.17) is 16.3 Å². The molecule has 0 fully saturated rings. The predicted octanol–water partition coefficient (Wildman–Crippen LogP) is 1.64. The number of hydrogen-bond donors (Lipinski definition) is 1. The first-order valence-corrected chi connectivity index (χ1v) is 6.20. The van der Waals surface area contributed by atoms with E-state index < -0.39 is 17.1 Å². The molecule has 0 atom stereocenters. The van der Waals surface area contributed by atoms with Crippen LogP contribution >= 0.6 is 11.6 Å². The van der Waals surface area contributed by atoms with E-state index in [1.807, 2.05) is 0 Å². The second-order valence-corrected chi connectivity index (χ2v) is 4.43. The molecule has 1 aromatic carbocycles. The molecule has 0 amide bonds. The number of methoxy groups -OCH3 is 1. The number of hydrogen-bond acceptors (Lipinski definition) is 3. The van der Waals surface area contributed by atoms with Gasteiger partial charge in [0, 0.05) is 12.7 Å². The van der Waals surface area contributed by atoms with Gasteiger partial charge in [-0.3, -0.25) is 14.3 Å². The molecule has 5 nitrogen and oxygen atoms in total. The number of H-pyrrole nitrogens is 1. The molecule has 0 aliphatic carbocycles. The number of ether oxygens (including phenoxy) is 1. The maximum atomic E-state index is 13.8. The maximum Gasteiger partial charge on any atom is 0.329 e. The van der Waals surface area contributed by atoms with Gasteiger partial charge >= 0.3 is 5.69 Å². The minimum Gasteiger partial charge on any atom is -0.383 e. The van der Waals surface area contributed by atoms with Crippen molar-refractivity contribution in [2.24, 2.45) is 0 Å². The van der Waals surface area contributed by atoms with Gasteiger partial charge in [0.15, 0.2) is 0 Å². The third kappa shape index (κ3) is 2.66. The molecule has 0 saturated carbocycles. The Kier molecular flexibility index (Phi) is 4.36. The monoisotopic (exact) mass is 298 g/mol. The molecule has 0 bridgehead atoms. The summed E-state index contributed by atoms with van der Waals surface area (Å²) in [7, 11) is 1.45. The number of aromatic nitrogens is 2. The lowest BCUT2D eigenvalue weighted by atomic mass is 10.1. The van der Waals surface area contributed by atoms with Crippen LogP contribution in [0.1, 0.15) is 0 Å². The van der Waals surface area contributed by atoms with E-state index in [1.54, 1.807) is 6.07 Å². The summed E-state index contributed by atoms with van der Waals surface area (Å²) in [6.45, 7) is 0.241. The van der Waals surface area contributed by atoms with Gasteiger partial charge in [-0.1, -0.05) is 29.8 Å². The van der Waals surface area contributed by atoms with Gasteiger partial charge in [0.2, 0.25) is 0 Å². The first-order valence-electron chi connectivity index (χ1n) is 5.82. The molecule has 1 heterocycles. The van der Waals surface area contributed by atoms with Crippen LogP contribution in [0.15, 0.2) is 33.9 Å². The van der Waals surface area contributed by atoms with E-state index in [9.17, 15) is 14.0 Å². The quantitative estimate of drug-likeness (QED) is 0.873. The summed E-state index contributed by atoms with van der Waals surface area (Å²) in [4.78, 5) is 26.3. The Bertz CT molecular complexity index is 739. The highest BCUT2D eigenvalue weighted by molar-refractivity contribution is 6.32. The fourth-order valence-electron chi connectivity index (χ4n) is 1.83. The van der Waals surface area contributed by atoms with Crippen LogP contribution in [0.5, 0.6) is 0 Å². The van der Waals surface area contributed by atoms with Gasteiger partial charge in [-0.15, -0.1) is 0 Å². The number of aromatic amines is 1. The molecule has 1 N–H and O–H groups in total. The van der Waals surface area contributed by atoms with Gasteiger partial charge in [0.1, 0.15) is 11.0 Å². The summed E-state index contributed by atoms with van der Waals surface area (Å²) < 4.78 is 19.6. The fraction of sp³-hybridized carbons (Fsp3) is 0.231. The molecule has 2 rings (SSSR count). The second kappa shape index (κ2) is 6.02. The summed E-state index contributed by atoms with van der Waals surface area (Å²) in [5, 5.41) is -0.182. The molecule has 0 spiro atoms. The van der Waals surface area contributed by atoms with Gasteiger partial charge in [-0.25, -0.2) is 9.18 Å². The lowest BCUT2D eigenvalue weighted by Gasteiger charge is -2.09. The predicted molar refractivity (Wildman–Crippen MR) is 73.6 cm³/mol. The highest BCUT2D eigenvalue weighted by atomic mass is 35.5. The Morgan fingerprint density at radius 1 is 1.35 bits per heavy atom. The number of nitrogens with one attached hydrogen (secondary N) is 1. The summed E-state index contributed by atoms with van der Waals surface area (Å²) in [6, 6.07) is 5.73. The Balaban J connectivity index is 2.68. The normalized spacial score (nSPS) is 10.8. The van der Waals surface area contributed by atoms with Crippen LogP contribution in [0.3, 0.4) is 0 Å². The topological polar surface area (TPSA) is 64.1 Å². The minimum absolute atomic E-state index is 0.0462. The largest absolute Gasteiger partial charge is 0.383 e. The Morgan fingerprint density at radius 2 is 2.05 bits per heavy atom. The molecule has 0 aliphatic rings. The molecule has 0 radical (unpaired) electrons. The van der Waals surface area contributed by atoms with Crippen molar-refractivity contribution in [3.8, 4) is 11.1 Å². The van der Waals surface area contributed by atoms with Gasteiger partial charge in [-0.05, 0) is 6.07 Å². The molecule has 2 aromatic rings. The molecule has 1 aromatic heterocycles. The second-order valence-electron chi connectivity index (χ2n) is 4.05. The highest BCUT2D eigenvalue weighted by Gasteiger charge is 2.17. The highest BCUT2D eigenvalue weighted by Crippen LogP contribution is 2.23. The van der Waals surface area contributed by atoms with Crippen LogP contribution in [0, 0.1) is 5.82 Å². The third-order valence-corrected chi connectivity index (χ3v) is 3.09. The van der Waals surface area contributed by atoms with Crippen molar-refractivity contribution in [3.63, 3.8) is 0 Å². The van der Waals surface area contributed by atoms with Gasteiger partial charge in [-0.2, -0.15) is 0 Å². The van der Waals surface area contributed by atoms with Crippen LogP contribution in [0.2, 0.25) is 5.15 Å². The number of rotatable bonds is 4. The van der Waals surface area contributed by atoms with E-state index in [2.05, 4.69) is 4.98 Å². The maximum absolute atomic E-state index is 13.8. The minimum atomic E-state index is -0.655. The van der Waals surface area contributed by atoms with Crippen molar-refractivity contribution in [1.29, 1.82) is 0 Å². The first-order chi connectivity index (χ1) is 9.56. The van der Waals surface area contributed by atoms with Gasteiger partial charge in [0.25, 0.3) is 5.56 Å². The molecule has 0 aliphatic heterocycles. The van der Waals surface area contributed by atoms with Crippen LogP contribution < -0.4 is 11.2 Å². The molecular weight excluding hydrogens is 287 g/mol. The van der Waals surface area contributed by atoms with Crippen molar-refractivity contribution in [1.82, 2.24) is 9.55 Å². The smallest absolute Gasteiger partial charge is 0.329 e. The van der Waals surface area contributed by atoms with E-state index in [0.717, 1.165) is 4.57 Å². The third-order valence-electron chi connectivity index (χ3n) is 2.80. The van der Waals surface area contributed by atoms with Crippen molar-refractivity contribution >= 4 is 11.6 Å². The fourth-order valence-corrected chi connectivity index (χ4v) is 2.09. The Morgan fingerprint density at radius 3 is 2.70 bits per heavy atom. The lowest BCUT2D eigenvalue weighted by molar-refractivity contribution is 0.185. The molecule has 7 heteroatoms. The molecule has 20 heavy (non-hydrogen) atoms. The average Bonchev–Trinajstić information content (AvgIpc) is 2.40. The summed E-state index contributed by atoms with van der Waals surface area (Å²) in [5.74, 6) is -0.586. The van der Waals surface area contributed by atoms with E-state index in [0.29, 0.717) is 0 Å². The summed E-state index contributed by atoms with van der Waals surface area (Å²) in [6.07, 6.45) is 0. The van der Waals surface area contributed by atoms with Crippen molar-refractivity contribution in [2.75, 3.05) is 13.7 Å². The Hall–Kier alpha value is -1.92. The Labute approximate surface area is 118 Å². The zero-order valence-corrected chi connectivity index (χ0v) is 11.4. The standard InChI is InChI=1S/C13H12ClFN2O3/c1-20-7-6-17-12(18)10(11(14)16-13(17)19)8-4-2-3-5-9(8)15/h2-5H,6-7H2,1H3,(H,16,19). The summed E-state index contributed by atoms with van der Waals surface area (Å²) >= 11 is 5.88. The summed E-state index contributed by atoms with van der Waals surface area (Å²) in [5.41, 5.74) is -1.33. The van der Waals surface area contributed by atoms with Gasteiger partial charge in [0.05, 0.1) is 18.7 Å². The molecule has 0 saturated heterocycles. The van der Waals surface area contributed by atoms with Gasteiger partial charge < -0.3 is 4.74 Å². The van der Waals surface area contributed by atoms with E-state index in [1.165, 1.54) is 25.3 Å². The van der Waals surface area contributed by atoms with Crippen molar-refractivity contribution in [3.05, 3.63) is 56.1 Å². The SMILES string of the molecule is COCCn1c(=O)[nH]c(Cl)c(-c2ccccc2F)c1=O. The van der Waals surface area contributed by atoms with E-state index in [-0.39, 0.29) is 29.4 Å².